The largest absolute Gasteiger partial charge is 0.416 e. The lowest BCUT2D eigenvalue weighted by molar-refractivity contribution is -0.895. The molecule has 1 aliphatic heterocycles. The van der Waals surface area contributed by atoms with Gasteiger partial charge in [-0.15, -0.1) is 0 Å². The van der Waals surface area contributed by atoms with Crippen molar-refractivity contribution in [2.75, 3.05) is 38.0 Å². The lowest BCUT2D eigenvalue weighted by atomic mass is 10.1. The second kappa shape index (κ2) is 8.60. The fourth-order valence-electron chi connectivity index (χ4n) is 3.19. The van der Waals surface area contributed by atoms with Gasteiger partial charge in [-0.2, -0.15) is 13.2 Å². The van der Waals surface area contributed by atoms with Crippen molar-refractivity contribution >= 4 is 17.5 Å². The molecule has 5 nitrogen and oxygen atoms in total. The molecule has 0 unspecified atom stereocenters. The smallest absolute Gasteiger partial charge is 0.327 e. The molecule has 0 bridgehead atoms. The van der Waals surface area contributed by atoms with E-state index in [9.17, 15) is 27.2 Å². The van der Waals surface area contributed by atoms with Gasteiger partial charge in [-0.05, 0) is 42.5 Å². The third kappa shape index (κ3) is 5.54. The van der Waals surface area contributed by atoms with Gasteiger partial charge in [-0.3, -0.25) is 9.59 Å². The predicted octanol–water partition coefficient (Wildman–Crippen LogP) is 1.82. The zero-order valence-electron chi connectivity index (χ0n) is 15.4. The maximum absolute atomic E-state index is 13.2. The molecule has 0 radical (unpaired) electrons. The van der Waals surface area contributed by atoms with E-state index in [0.717, 1.165) is 17.0 Å². The van der Waals surface area contributed by atoms with Gasteiger partial charge in [0.2, 0.25) is 0 Å². The van der Waals surface area contributed by atoms with E-state index in [1.165, 1.54) is 30.3 Å². The third-order valence-electron chi connectivity index (χ3n) is 4.74. The Kier molecular flexibility index (Phi) is 6.17. The minimum atomic E-state index is -4.44. The fraction of sp³-hybridized carbons (Fsp3) is 0.300. The molecule has 0 spiro atoms. The van der Waals surface area contributed by atoms with Gasteiger partial charge in [-0.1, -0.05) is 6.07 Å². The van der Waals surface area contributed by atoms with Gasteiger partial charge in [0.15, 0.2) is 6.54 Å². The first-order valence-electron chi connectivity index (χ1n) is 9.08. The zero-order chi connectivity index (χ0) is 21.0. The summed E-state index contributed by atoms with van der Waals surface area (Å²) in [6.07, 6.45) is -4.44. The normalized spacial score (nSPS) is 15.2. The van der Waals surface area contributed by atoms with Crippen LogP contribution in [0.2, 0.25) is 0 Å². The number of carbonyl (C=O) groups excluding carboxylic acids is 2. The van der Waals surface area contributed by atoms with Crippen molar-refractivity contribution in [3.05, 3.63) is 65.5 Å². The Morgan fingerprint density at radius 3 is 2.28 bits per heavy atom. The summed E-state index contributed by atoms with van der Waals surface area (Å²) in [6.45, 7) is 2.02. The van der Waals surface area contributed by atoms with Crippen LogP contribution in [0.3, 0.4) is 0 Å². The van der Waals surface area contributed by atoms with Gasteiger partial charge in [0.25, 0.3) is 11.8 Å². The lowest BCUT2D eigenvalue weighted by Crippen LogP contribution is -3.15. The third-order valence-corrected chi connectivity index (χ3v) is 4.74. The van der Waals surface area contributed by atoms with Gasteiger partial charge in [0.1, 0.15) is 5.82 Å². The minimum Gasteiger partial charge on any atom is -0.327 e. The van der Waals surface area contributed by atoms with Gasteiger partial charge in [-0.25, -0.2) is 4.39 Å². The first-order valence-corrected chi connectivity index (χ1v) is 9.08. The van der Waals surface area contributed by atoms with Crippen molar-refractivity contribution in [1.82, 2.24) is 4.90 Å². The second-order valence-electron chi connectivity index (χ2n) is 6.85. The Morgan fingerprint density at radius 2 is 1.69 bits per heavy atom. The Morgan fingerprint density at radius 1 is 1.03 bits per heavy atom. The van der Waals surface area contributed by atoms with E-state index in [0.29, 0.717) is 31.9 Å². The van der Waals surface area contributed by atoms with Gasteiger partial charge < -0.3 is 15.1 Å². The maximum atomic E-state index is 13.2. The number of quaternary nitrogens is 1. The number of nitrogens with one attached hydrogen (secondary N) is 2. The van der Waals surface area contributed by atoms with Crippen LogP contribution in [0.5, 0.6) is 0 Å². The van der Waals surface area contributed by atoms with Crippen molar-refractivity contribution in [2.45, 2.75) is 6.18 Å². The molecule has 2 aromatic carbocycles. The lowest BCUT2D eigenvalue weighted by Gasteiger charge is -2.32. The highest BCUT2D eigenvalue weighted by atomic mass is 19.4. The van der Waals surface area contributed by atoms with Crippen LogP contribution in [0.25, 0.3) is 0 Å². The van der Waals surface area contributed by atoms with Crippen molar-refractivity contribution < 1.29 is 32.1 Å². The molecule has 2 amide bonds. The van der Waals surface area contributed by atoms with Crippen LogP contribution in [0.15, 0.2) is 48.5 Å². The molecule has 1 heterocycles. The molecule has 154 valence electrons. The number of nitrogens with zero attached hydrogens (tertiary/aromatic N) is 1. The van der Waals surface area contributed by atoms with Gasteiger partial charge in [0.05, 0.1) is 31.7 Å². The quantitative estimate of drug-likeness (QED) is 0.756. The van der Waals surface area contributed by atoms with Crippen LogP contribution in [0, 0.1) is 5.82 Å². The SMILES string of the molecule is O=C(C[NH+]1CCN(C(=O)c2ccc(C(F)(F)F)cc2)CC1)Nc1cccc(F)c1. The van der Waals surface area contributed by atoms with Crippen LogP contribution >= 0.6 is 0 Å². The summed E-state index contributed by atoms with van der Waals surface area (Å²) < 4.78 is 51.1. The Hall–Kier alpha value is -2.94. The van der Waals surface area contributed by atoms with E-state index in [1.54, 1.807) is 11.0 Å². The molecule has 2 N–H and O–H groups in total. The van der Waals surface area contributed by atoms with E-state index in [1.807, 2.05) is 0 Å². The molecule has 29 heavy (non-hydrogen) atoms. The standard InChI is InChI=1S/C20H19F4N3O2/c21-16-2-1-3-17(12-16)25-18(28)13-26-8-10-27(11-9-26)19(29)14-4-6-15(7-5-14)20(22,23)24/h1-7,12H,8-11,13H2,(H,25,28)/p+1. The molecule has 0 aliphatic carbocycles. The number of hydrogen-bond acceptors (Lipinski definition) is 2. The first-order chi connectivity index (χ1) is 13.7. The molecule has 9 heteroatoms. The zero-order valence-corrected chi connectivity index (χ0v) is 15.4. The summed E-state index contributed by atoms with van der Waals surface area (Å²) in [6, 6.07) is 9.76. The Labute approximate surface area is 164 Å². The Bertz CT molecular complexity index is 876. The second-order valence-corrected chi connectivity index (χ2v) is 6.85. The number of anilines is 1. The van der Waals surface area contributed by atoms with Crippen LogP contribution in [-0.4, -0.2) is 49.4 Å². The van der Waals surface area contributed by atoms with E-state index < -0.39 is 17.6 Å². The number of halogens is 4. The van der Waals surface area contributed by atoms with Crippen molar-refractivity contribution in [3.63, 3.8) is 0 Å². The summed E-state index contributed by atoms with van der Waals surface area (Å²) >= 11 is 0. The number of piperazine rings is 1. The minimum absolute atomic E-state index is 0.179. The fourth-order valence-corrected chi connectivity index (χ4v) is 3.19. The maximum Gasteiger partial charge on any atom is 0.416 e. The van der Waals surface area contributed by atoms with Crippen molar-refractivity contribution in [3.8, 4) is 0 Å². The number of amides is 2. The average molecular weight is 410 g/mol. The molecule has 1 fully saturated rings. The number of alkyl halides is 3. The molecule has 1 aliphatic rings. The molecular weight excluding hydrogens is 390 g/mol. The van der Waals surface area contributed by atoms with E-state index >= 15 is 0 Å². The molecular formula is C20H20F4N3O2+. The van der Waals surface area contributed by atoms with Crippen LogP contribution in [-0.2, 0) is 11.0 Å². The summed E-state index contributed by atoms with van der Waals surface area (Å²) in [5.41, 5.74) is -0.219. The number of hydrogen-bond donors (Lipinski definition) is 2. The van der Waals surface area contributed by atoms with Crippen LogP contribution in [0.1, 0.15) is 15.9 Å². The number of rotatable bonds is 4. The summed E-state index contributed by atoms with van der Waals surface area (Å²) in [4.78, 5) is 27.1. The van der Waals surface area contributed by atoms with Gasteiger partial charge >= 0.3 is 6.18 Å². The Balaban J connectivity index is 1.49. The molecule has 0 atom stereocenters. The summed E-state index contributed by atoms with van der Waals surface area (Å²) in [5, 5.41) is 2.64. The highest BCUT2D eigenvalue weighted by Crippen LogP contribution is 2.29. The highest BCUT2D eigenvalue weighted by molar-refractivity contribution is 5.94. The molecule has 1 saturated heterocycles. The van der Waals surface area contributed by atoms with Crippen LogP contribution < -0.4 is 10.2 Å². The van der Waals surface area contributed by atoms with Crippen LogP contribution in [0.4, 0.5) is 23.2 Å². The molecule has 0 saturated carbocycles. The van der Waals surface area contributed by atoms with E-state index in [2.05, 4.69) is 5.32 Å². The van der Waals surface area contributed by atoms with Gasteiger partial charge in [0, 0.05) is 11.3 Å². The molecule has 0 aromatic heterocycles. The number of carbonyl (C=O) groups is 2. The topological polar surface area (TPSA) is 53.9 Å². The summed E-state index contributed by atoms with van der Waals surface area (Å²) in [5.74, 6) is -1.03. The highest BCUT2D eigenvalue weighted by Gasteiger charge is 2.31. The van der Waals surface area contributed by atoms with Crippen molar-refractivity contribution in [2.24, 2.45) is 0 Å². The van der Waals surface area contributed by atoms with E-state index in [4.69, 9.17) is 0 Å². The first kappa shape index (κ1) is 20.8. The summed E-state index contributed by atoms with van der Waals surface area (Å²) in [7, 11) is 0. The molecule has 3 rings (SSSR count). The average Bonchev–Trinajstić information content (AvgIpc) is 2.67. The predicted molar refractivity (Wildman–Crippen MR) is 97.9 cm³/mol. The van der Waals surface area contributed by atoms with Crippen molar-refractivity contribution in [1.29, 1.82) is 0 Å². The molecule has 2 aromatic rings. The van der Waals surface area contributed by atoms with E-state index in [-0.39, 0.29) is 23.9 Å². The monoisotopic (exact) mass is 410 g/mol. The number of benzene rings is 2.